The van der Waals surface area contributed by atoms with Crippen LogP contribution in [0, 0.1) is 0 Å². The summed E-state index contributed by atoms with van der Waals surface area (Å²) in [6, 6.07) is 20.6. The summed E-state index contributed by atoms with van der Waals surface area (Å²) < 4.78 is 0. The first-order valence-corrected chi connectivity index (χ1v) is 9.10. The molecule has 0 heterocycles. The predicted octanol–water partition coefficient (Wildman–Crippen LogP) is 8.60. The van der Waals surface area contributed by atoms with E-state index in [1.54, 1.807) is 0 Å². The molecule has 0 spiro atoms. The highest BCUT2D eigenvalue weighted by Gasteiger charge is 1.90. The van der Waals surface area contributed by atoms with Crippen molar-refractivity contribution < 1.29 is 0 Å². The number of hydrogen-bond acceptors (Lipinski definition) is 0. The van der Waals surface area contributed by atoms with Crippen LogP contribution in [0.3, 0.4) is 0 Å². The Morgan fingerprint density at radius 2 is 1.15 bits per heavy atom. The number of allylic oxidation sites excluding steroid dienone is 4. The lowest BCUT2D eigenvalue weighted by Gasteiger charge is -1.98. The molecule has 0 N–H and O–H groups in total. The number of hydrogen-bond donors (Lipinski definition) is 0. The van der Waals surface area contributed by atoms with E-state index in [2.05, 4.69) is 89.6 Å². The minimum absolute atomic E-state index is 1.08. The first kappa shape index (κ1) is 25.6. The van der Waals surface area contributed by atoms with E-state index in [0.717, 1.165) is 18.4 Å². The molecule has 0 aromatic heterocycles. The van der Waals surface area contributed by atoms with Gasteiger partial charge >= 0.3 is 0 Å². The molecule has 140 valence electrons. The lowest BCUT2D eigenvalue weighted by molar-refractivity contribution is 1.22. The highest BCUT2D eigenvalue weighted by atomic mass is 14.0. The molecular formula is C26H36. The van der Waals surface area contributed by atoms with Crippen LogP contribution in [0.15, 0.2) is 99.1 Å². The van der Waals surface area contributed by atoms with E-state index in [1.165, 1.54) is 16.7 Å². The maximum atomic E-state index is 3.83. The van der Waals surface area contributed by atoms with Crippen LogP contribution in [0.4, 0.5) is 0 Å². The maximum absolute atomic E-state index is 3.83. The minimum Gasteiger partial charge on any atom is -0.106 e. The van der Waals surface area contributed by atoms with Gasteiger partial charge in [0.15, 0.2) is 0 Å². The van der Waals surface area contributed by atoms with E-state index >= 15 is 0 Å². The summed E-state index contributed by atoms with van der Waals surface area (Å²) in [6.07, 6.45) is 6.32. The van der Waals surface area contributed by atoms with E-state index in [9.17, 15) is 0 Å². The van der Waals surface area contributed by atoms with Gasteiger partial charge in [-0.2, -0.15) is 0 Å². The molecule has 0 nitrogen and oxygen atoms in total. The lowest BCUT2D eigenvalue weighted by Crippen LogP contribution is -1.76. The normalized spacial score (nSPS) is 9.15. The zero-order chi connectivity index (χ0) is 20.2. The summed E-state index contributed by atoms with van der Waals surface area (Å²) in [4.78, 5) is 0. The molecule has 0 aliphatic rings. The van der Waals surface area contributed by atoms with Gasteiger partial charge in [0.2, 0.25) is 0 Å². The summed E-state index contributed by atoms with van der Waals surface area (Å²) in [5, 5.41) is 0. The van der Waals surface area contributed by atoms with Crippen molar-refractivity contribution in [2.45, 2.75) is 40.5 Å². The molecule has 0 atom stereocenters. The van der Waals surface area contributed by atoms with Crippen LogP contribution >= 0.6 is 0 Å². The van der Waals surface area contributed by atoms with Gasteiger partial charge in [-0.25, -0.2) is 0 Å². The molecular weight excluding hydrogens is 312 g/mol. The average molecular weight is 349 g/mol. The second-order valence-electron chi connectivity index (χ2n) is 5.50. The molecule has 0 unspecified atom stereocenters. The Labute approximate surface area is 162 Å². The molecule has 2 rings (SSSR count). The van der Waals surface area contributed by atoms with Crippen molar-refractivity contribution in [2.75, 3.05) is 0 Å². The Kier molecular flexibility index (Phi) is 18.5. The molecule has 0 saturated carbocycles. The van der Waals surface area contributed by atoms with Gasteiger partial charge in [0.25, 0.3) is 0 Å². The third-order valence-electron chi connectivity index (χ3n) is 3.29. The summed E-state index contributed by atoms with van der Waals surface area (Å²) >= 11 is 0. The van der Waals surface area contributed by atoms with Gasteiger partial charge in [-0.15, -0.1) is 19.7 Å². The molecule has 0 fully saturated rings. The maximum Gasteiger partial charge on any atom is -0.0231 e. The first-order chi connectivity index (χ1) is 12.6. The Balaban J connectivity index is 0. The van der Waals surface area contributed by atoms with Crippen LogP contribution in [0.25, 0.3) is 11.1 Å². The van der Waals surface area contributed by atoms with Crippen molar-refractivity contribution in [3.05, 3.63) is 110 Å². The van der Waals surface area contributed by atoms with E-state index in [1.807, 2.05) is 37.3 Å². The second kappa shape index (κ2) is 18.7. The van der Waals surface area contributed by atoms with Crippen molar-refractivity contribution in [1.82, 2.24) is 0 Å². The first-order valence-electron chi connectivity index (χ1n) is 9.10. The Morgan fingerprint density at radius 1 is 0.769 bits per heavy atom. The van der Waals surface area contributed by atoms with Crippen LogP contribution < -0.4 is 0 Å². The Morgan fingerprint density at radius 3 is 1.42 bits per heavy atom. The second-order valence-corrected chi connectivity index (χ2v) is 5.50. The number of rotatable bonds is 4. The lowest BCUT2D eigenvalue weighted by atomic mass is 10.1. The van der Waals surface area contributed by atoms with Crippen LogP contribution in [-0.2, 0) is 0 Å². The zero-order valence-corrected chi connectivity index (χ0v) is 17.2. The molecule has 0 radical (unpaired) electrons. The third kappa shape index (κ3) is 13.8. The Bertz CT molecular complexity index is 603. The van der Waals surface area contributed by atoms with Crippen molar-refractivity contribution in [2.24, 2.45) is 0 Å². The highest BCUT2D eigenvalue weighted by molar-refractivity contribution is 5.63. The average Bonchev–Trinajstić information content (AvgIpc) is 2.71. The standard InChI is InChI=1S/C11H14.C9H10.C4H8.C2H4/c1-3-7-10(2)11-8-5-4-6-9-11;1-8(2)9-6-4-3-5-7-9;1-3-4-2;1-2/h4-9H,3H2,1-2H3;3-7H,1H2,2H3;3H,1,4H2,2H3;1-2H2/b10-7+;;;. The molecule has 0 bridgehead atoms. The van der Waals surface area contributed by atoms with Gasteiger partial charge in [0, 0.05) is 0 Å². The molecule has 26 heavy (non-hydrogen) atoms. The van der Waals surface area contributed by atoms with Gasteiger partial charge in [0.05, 0.1) is 0 Å². The Hall–Kier alpha value is -2.60. The van der Waals surface area contributed by atoms with Crippen molar-refractivity contribution >= 4 is 11.1 Å². The van der Waals surface area contributed by atoms with Crippen LogP contribution in [-0.4, -0.2) is 0 Å². The number of benzene rings is 2. The molecule has 0 aliphatic heterocycles. The molecule has 2 aromatic carbocycles. The molecule has 2 aromatic rings. The van der Waals surface area contributed by atoms with Gasteiger partial charge in [-0.1, -0.05) is 98.8 Å². The van der Waals surface area contributed by atoms with Crippen molar-refractivity contribution in [3.8, 4) is 0 Å². The van der Waals surface area contributed by atoms with Gasteiger partial charge in [-0.05, 0) is 43.4 Å². The fourth-order valence-corrected chi connectivity index (χ4v) is 1.85. The monoisotopic (exact) mass is 348 g/mol. The topological polar surface area (TPSA) is 0 Å². The summed E-state index contributed by atoms with van der Waals surface area (Å²) in [5.41, 5.74) is 5.04. The highest BCUT2D eigenvalue weighted by Crippen LogP contribution is 2.12. The van der Waals surface area contributed by atoms with Gasteiger partial charge < -0.3 is 0 Å². The van der Waals surface area contributed by atoms with Gasteiger partial charge in [-0.3, -0.25) is 0 Å². The van der Waals surface area contributed by atoms with Crippen LogP contribution in [0.2, 0.25) is 0 Å². The minimum atomic E-state index is 1.08. The summed E-state index contributed by atoms with van der Waals surface area (Å²) in [5.74, 6) is 0. The SMILES string of the molecule is C=C.C=C(C)c1ccccc1.C=CCC.CC/C=C(\C)c1ccccc1. The van der Waals surface area contributed by atoms with Crippen LogP contribution in [0.1, 0.15) is 51.7 Å². The summed E-state index contributed by atoms with van der Waals surface area (Å²) in [6.45, 7) is 21.7. The van der Waals surface area contributed by atoms with Gasteiger partial charge in [0.1, 0.15) is 0 Å². The van der Waals surface area contributed by atoms with E-state index in [4.69, 9.17) is 0 Å². The molecule has 0 heteroatoms. The molecule has 0 amide bonds. The van der Waals surface area contributed by atoms with E-state index in [-0.39, 0.29) is 0 Å². The summed E-state index contributed by atoms with van der Waals surface area (Å²) in [7, 11) is 0. The van der Waals surface area contributed by atoms with E-state index < -0.39 is 0 Å². The third-order valence-corrected chi connectivity index (χ3v) is 3.29. The molecule has 0 saturated heterocycles. The fraction of sp³-hybridized carbons (Fsp3) is 0.231. The van der Waals surface area contributed by atoms with Crippen LogP contribution in [0.5, 0.6) is 0 Å². The largest absolute Gasteiger partial charge is 0.106 e. The predicted molar refractivity (Wildman–Crippen MR) is 123 cm³/mol. The van der Waals surface area contributed by atoms with E-state index in [0.29, 0.717) is 0 Å². The quantitative estimate of drug-likeness (QED) is 0.485. The van der Waals surface area contributed by atoms with Crippen molar-refractivity contribution in [3.63, 3.8) is 0 Å². The smallest absolute Gasteiger partial charge is 0.0231 e. The fourth-order valence-electron chi connectivity index (χ4n) is 1.85. The molecule has 0 aliphatic carbocycles. The van der Waals surface area contributed by atoms with Crippen molar-refractivity contribution in [1.29, 1.82) is 0 Å². The zero-order valence-electron chi connectivity index (χ0n) is 17.2.